The molecule has 20 heavy (non-hydrogen) atoms. The second-order valence-corrected chi connectivity index (χ2v) is 5.19. The normalized spacial score (nSPS) is 12.2. The molecule has 0 heterocycles. The van der Waals surface area contributed by atoms with Crippen LogP contribution in [0.5, 0.6) is 11.5 Å². The summed E-state index contributed by atoms with van der Waals surface area (Å²) < 4.78 is 19.0. The average Bonchev–Trinajstić information content (AvgIpc) is 2.44. The summed E-state index contributed by atoms with van der Waals surface area (Å²) in [4.78, 5) is 0. The number of halogens is 2. The first kappa shape index (κ1) is 14.7. The van der Waals surface area contributed by atoms with Crippen molar-refractivity contribution in [3.8, 4) is 11.5 Å². The van der Waals surface area contributed by atoms with Crippen LogP contribution in [0.25, 0.3) is 0 Å². The Morgan fingerprint density at radius 1 is 1.25 bits per heavy atom. The van der Waals surface area contributed by atoms with Crippen LogP contribution in [-0.2, 0) is 0 Å². The second kappa shape index (κ2) is 6.14. The molecule has 0 saturated heterocycles. The predicted molar refractivity (Wildman–Crippen MR) is 81.0 cm³/mol. The molecular formula is C16H17ClFNO. The number of hydrogen-bond donors (Lipinski definition) is 1. The van der Waals surface area contributed by atoms with Gasteiger partial charge in [0.25, 0.3) is 0 Å². The summed E-state index contributed by atoms with van der Waals surface area (Å²) in [5.41, 5.74) is 7.31. The minimum Gasteiger partial charge on any atom is -0.455 e. The molecule has 0 aromatic heterocycles. The first-order valence-corrected chi connectivity index (χ1v) is 6.91. The number of nitrogens with two attached hydrogens (primary N) is 1. The van der Waals surface area contributed by atoms with Crippen LogP contribution < -0.4 is 10.5 Å². The molecule has 0 spiro atoms. The van der Waals surface area contributed by atoms with Gasteiger partial charge in [0, 0.05) is 6.07 Å². The minimum absolute atomic E-state index is 0.0121. The van der Waals surface area contributed by atoms with Crippen molar-refractivity contribution in [2.75, 3.05) is 5.73 Å². The molecule has 2 nitrogen and oxygen atoms in total. The van der Waals surface area contributed by atoms with Gasteiger partial charge in [-0.1, -0.05) is 37.6 Å². The van der Waals surface area contributed by atoms with E-state index in [-0.39, 0.29) is 10.8 Å². The first-order valence-electron chi connectivity index (χ1n) is 6.53. The SMILES string of the molecule is CCC(C)c1ccc(Oc2cc(F)c(Cl)cc2N)cc1. The minimum atomic E-state index is -0.549. The molecule has 0 aliphatic rings. The maximum Gasteiger partial charge on any atom is 0.153 e. The van der Waals surface area contributed by atoms with Gasteiger partial charge in [-0.3, -0.25) is 0 Å². The lowest BCUT2D eigenvalue weighted by molar-refractivity contribution is 0.479. The number of anilines is 1. The van der Waals surface area contributed by atoms with Crippen LogP contribution in [0.4, 0.5) is 10.1 Å². The Kier molecular flexibility index (Phi) is 4.50. The number of ether oxygens (including phenoxy) is 1. The van der Waals surface area contributed by atoms with Crippen molar-refractivity contribution < 1.29 is 9.13 Å². The molecule has 1 unspecified atom stereocenters. The van der Waals surface area contributed by atoms with E-state index >= 15 is 0 Å². The Bertz CT molecular complexity index is 598. The van der Waals surface area contributed by atoms with Crippen LogP contribution in [-0.4, -0.2) is 0 Å². The Balaban J connectivity index is 2.20. The molecule has 0 saturated carbocycles. The number of hydrogen-bond acceptors (Lipinski definition) is 2. The average molecular weight is 294 g/mol. The van der Waals surface area contributed by atoms with Crippen LogP contribution in [0.15, 0.2) is 36.4 Å². The summed E-state index contributed by atoms with van der Waals surface area (Å²) in [6.45, 7) is 4.31. The summed E-state index contributed by atoms with van der Waals surface area (Å²) in [5.74, 6) is 0.836. The van der Waals surface area contributed by atoms with E-state index in [0.717, 1.165) is 6.42 Å². The molecule has 2 rings (SSSR count). The van der Waals surface area contributed by atoms with Gasteiger partial charge in [0.15, 0.2) is 5.75 Å². The smallest absolute Gasteiger partial charge is 0.153 e. The topological polar surface area (TPSA) is 35.2 Å². The van der Waals surface area contributed by atoms with Crippen molar-refractivity contribution in [2.45, 2.75) is 26.2 Å². The fourth-order valence-corrected chi connectivity index (χ4v) is 2.03. The lowest BCUT2D eigenvalue weighted by Crippen LogP contribution is -1.95. The summed E-state index contributed by atoms with van der Waals surface area (Å²) in [6, 6.07) is 10.3. The van der Waals surface area contributed by atoms with Crippen LogP contribution in [0.1, 0.15) is 31.7 Å². The van der Waals surface area contributed by atoms with Crippen molar-refractivity contribution >= 4 is 17.3 Å². The van der Waals surface area contributed by atoms with Crippen molar-refractivity contribution in [1.29, 1.82) is 0 Å². The quantitative estimate of drug-likeness (QED) is 0.769. The van der Waals surface area contributed by atoms with Gasteiger partial charge in [-0.25, -0.2) is 4.39 Å². The van der Waals surface area contributed by atoms with E-state index < -0.39 is 5.82 Å². The maximum absolute atomic E-state index is 13.4. The summed E-state index contributed by atoms with van der Waals surface area (Å²) >= 11 is 5.65. The van der Waals surface area contributed by atoms with E-state index in [9.17, 15) is 4.39 Å². The van der Waals surface area contributed by atoms with Crippen molar-refractivity contribution in [3.05, 3.63) is 52.8 Å². The van der Waals surface area contributed by atoms with Crippen LogP contribution in [0.3, 0.4) is 0 Å². The van der Waals surface area contributed by atoms with E-state index in [1.807, 2.05) is 24.3 Å². The van der Waals surface area contributed by atoms with Crippen LogP contribution in [0, 0.1) is 5.82 Å². The molecule has 1 atom stereocenters. The highest BCUT2D eigenvalue weighted by Gasteiger charge is 2.09. The van der Waals surface area contributed by atoms with E-state index in [0.29, 0.717) is 17.4 Å². The lowest BCUT2D eigenvalue weighted by Gasteiger charge is -2.12. The third-order valence-electron chi connectivity index (χ3n) is 3.34. The van der Waals surface area contributed by atoms with Gasteiger partial charge in [-0.05, 0) is 36.1 Å². The second-order valence-electron chi connectivity index (χ2n) is 4.78. The lowest BCUT2D eigenvalue weighted by atomic mass is 9.99. The molecule has 106 valence electrons. The van der Waals surface area contributed by atoms with Gasteiger partial charge in [-0.2, -0.15) is 0 Å². The molecule has 0 fully saturated rings. The summed E-state index contributed by atoms with van der Waals surface area (Å²) in [5, 5.41) is -0.0121. The zero-order valence-corrected chi connectivity index (χ0v) is 12.2. The molecule has 2 aromatic carbocycles. The Morgan fingerprint density at radius 2 is 1.90 bits per heavy atom. The van der Waals surface area contributed by atoms with Crippen molar-refractivity contribution in [2.24, 2.45) is 0 Å². The monoisotopic (exact) mass is 293 g/mol. The van der Waals surface area contributed by atoms with E-state index in [2.05, 4.69) is 13.8 Å². The van der Waals surface area contributed by atoms with Crippen LogP contribution >= 0.6 is 11.6 Å². The van der Waals surface area contributed by atoms with E-state index in [1.165, 1.54) is 17.7 Å². The molecule has 0 radical (unpaired) electrons. The highest BCUT2D eigenvalue weighted by Crippen LogP contribution is 2.32. The first-order chi connectivity index (χ1) is 9.51. The van der Waals surface area contributed by atoms with Crippen molar-refractivity contribution in [1.82, 2.24) is 0 Å². The Morgan fingerprint density at radius 3 is 2.50 bits per heavy atom. The predicted octanol–water partition coefficient (Wildman–Crippen LogP) is 5.37. The number of benzene rings is 2. The van der Waals surface area contributed by atoms with Gasteiger partial charge in [-0.15, -0.1) is 0 Å². The Hall–Kier alpha value is -1.74. The highest BCUT2D eigenvalue weighted by molar-refractivity contribution is 6.31. The highest BCUT2D eigenvalue weighted by atomic mass is 35.5. The summed E-state index contributed by atoms with van der Waals surface area (Å²) in [6.07, 6.45) is 1.08. The molecule has 0 amide bonds. The zero-order chi connectivity index (χ0) is 14.7. The molecule has 0 aliphatic carbocycles. The number of nitrogen functional groups attached to an aromatic ring is 1. The zero-order valence-electron chi connectivity index (χ0n) is 11.5. The number of rotatable bonds is 4. The maximum atomic E-state index is 13.4. The van der Waals surface area contributed by atoms with Gasteiger partial charge < -0.3 is 10.5 Å². The fourth-order valence-electron chi connectivity index (χ4n) is 1.86. The molecule has 2 aromatic rings. The van der Waals surface area contributed by atoms with E-state index in [1.54, 1.807) is 0 Å². The van der Waals surface area contributed by atoms with Crippen LogP contribution in [0.2, 0.25) is 5.02 Å². The molecule has 0 aliphatic heterocycles. The molecular weight excluding hydrogens is 277 g/mol. The Labute approximate surface area is 123 Å². The third kappa shape index (κ3) is 3.23. The summed E-state index contributed by atoms with van der Waals surface area (Å²) in [7, 11) is 0. The molecule has 2 N–H and O–H groups in total. The fraction of sp³-hybridized carbons (Fsp3) is 0.250. The third-order valence-corrected chi connectivity index (χ3v) is 3.63. The van der Waals surface area contributed by atoms with Crippen molar-refractivity contribution in [3.63, 3.8) is 0 Å². The molecule has 0 bridgehead atoms. The molecule has 4 heteroatoms. The standard InChI is InChI=1S/C16H17ClFNO/c1-3-10(2)11-4-6-12(7-5-11)20-16-9-14(18)13(17)8-15(16)19/h4-10H,3,19H2,1-2H3. The van der Waals surface area contributed by atoms with Gasteiger partial charge in [0.05, 0.1) is 10.7 Å². The van der Waals surface area contributed by atoms with Gasteiger partial charge >= 0.3 is 0 Å². The van der Waals surface area contributed by atoms with Gasteiger partial charge in [0.2, 0.25) is 0 Å². The van der Waals surface area contributed by atoms with E-state index in [4.69, 9.17) is 22.1 Å². The van der Waals surface area contributed by atoms with Gasteiger partial charge in [0.1, 0.15) is 11.6 Å². The largest absolute Gasteiger partial charge is 0.455 e.